The Bertz CT molecular complexity index is 224. The predicted octanol–water partition coefficient (Wildman–Crippen LogP) is -0.220. The molecule has 0 aliphatic carbocycles. The first-order chi connectivity index (χ1) is 5.87. The van der Waals surface area contributed by atoms with Gasteiger partial charge in [0.15, 0.2) is 9.84 Å². The number of hydrogen-bond acceptors (Lipinski definition) is 4. The average Bonchev–Trinajstić information content (AvgIpc) is 2.00. The lowest BCUT2D eigenvalue weighted by molar-refractivity contribution is 0.190. The monoisotopic (exact) mass is 209 g/mol. The Morgan fingerprint density at radius 1 is 1.38 bits per heavy atom. The molecule has 0 amide bonds. The molecule has 2 N–H and O–H groups in total. The summed E-state index contributed by atoms with van der Waals surface area (Å²) in [7, 11) is -3.06. The molecule has 0 heterocycles. The van der Waals surface area contributed by atoms with Crippen LogP contribution in [0.2, 0.25) is 0 Å². The van der Waals surface area contributed by atoms with E-state index in [4.69, 9.17) is 0 Å². The van der Waals surface area contributed by atoms with E-state index >= 15 is 0 Å². The molecule has 0 aromatic carbocycles. The van der Waals surface area contributed by atoms with Gasteiger partial charge in [-0.2, -0.15) is 0 Å². The lowest BCUT2D eigenvalue weighted by atomic mass is 10.3. The van der Waals surface area contributed by atoms with Crippen LogP contribution in [0.25, 0.3) is 0 Å². The number of sulfone groups is 1. The third-order valence-corrected chi connectivity index (χ3v) is 3.42. The fourth-order valence-electron chi connectivity index (χ4n) is 0.842. The molecule has 0 radical (unpaired) electrons. The molecule has 1 atom stereocenters. The molecule has 0 saturated carbocycles. The van der Waals surface area contributed by atoms with Gasteiger partial charge in [0.05, 0.1) is 11.9 Å². The second-order valence-electron chi connectivity index (χ2n) is 3.42. The first kappa shape index (κ1) is 12.9. The molecular formula is C8H19NO3S. The van der Waals surface area contributed by atoms with Crippen molar-refractivity contribution in [3.05, 3.63) is 0 Å². The van der Waals surface area contributed by atoms with E-state index in [2.05, 4.69) is 5.32 Å². The Kier molecular flexibility index (Phi) is 5.51. The van der Waals surface area contributed by atoms with Crippen molar-refractivity contribution in [2.45, 2.75) is 32.9 Å². The standard InChI is InChI=1S/C8H19NO3S/c1-4-13(11,12)6-8(10)5-9-7(2)3/h7-10H,4-6H2,1-3H3. The Morgan fingerprint density at radius 2 is 1.92 bits per heavy atom. The summed E-state index contributed by atoms with van der Waals surface area (Å²) < 4.78 is 22.1. The maximum Gasteiger partial charge on any atom is 0.152 e. The minimum atomic E-state index is -3.06. The quantitative estimate of drug-likeness (QED) is 0.635. The molecule has 0 fully saturated rings. The zero-order valence-corrected chi connectivity index (χ0v) is 9.26. The molecular weight excluding hydrogens is 190 g/mol. The SMILES string of the molecule is CCS(=O)(=O)CC(O)CNC(C)C. The average molecular weight is 209 g/mol. The highest BCUT2D eigenvalue weighted by atomic mass is 32.2. The van der Waals surface area contributed by atoms with E-state index in [-0.39, 0.29) is 17.5 Å². The third kappa shape index (κ3) is 6.98. The fraction of sp³-hybridized carbons (Fsp3) is 1.00. The van der Waals surface area contributed by atoms with Crippen LogP contribution in [0.1, 0.15) is 20.8 Å². The second-order valence-corrected chi connectivity index (χ2v) is 5.81. The van der Waals surface area contributed by atoms with Gasteiger partial charge in [-0.1, -0.05) is 20.8 Å². The van der Waals surface area contributed by atoms with Crippen molar-refractivity contribution in [2.75, 3.05) is 18.1 Å². The van der Waals surface area contributed by atoms with Crippen LogP contribution in [0.4, 0.5) is 0 Å². The Morgan fingerprint density at radius 3 is 2.31 bits per heavy atom. The molecule has 13 heavy (non-hydrogen) atoms. The summed E-state index contributed by atoms with van der Waals surface area (Å²) in [5.74, 6) is -0.0606. The normalized spacial score (nSPS) is 14.8. The second kappa shape index (κ2) is 5.57. The van der Waals surface area contributed by atoms with Gasteiger partial charge >= 0.3 is 0 Å². The summed E-state index contributed by atoms with van der Waals surface area (Å²) in [5.41, 5.74) is 0. The van der Waals surface area contributed by atoms with Crippen molar-refractivity contribution in [1.82, 2.24) is 5.32 Å². The summed E-state index contributed by atoms with van der Waals surface area (Å²) in [4.78, 5) is 0. The Hall–Kier alpha value is -0.130. The summed E-state index contributed by atoms with van der Waals surface area (Å²) in [6.07, 6.45) is -0.799. The largest absolute Gasteiger partial charge is 0.391 e. The van der Waals surface area contributed by atoms with E-state index in [0.717, 1.165) is 0 Å². The van der Waals surface area contributed by atoms with Crippen LogP contribution in [0, 0.1) is 0 Å². The molecule has 0 aliphatic heterocycles. The fourth-order valence-corrected chi connectivity index (χ4v) is 1.78. The van der Waals surface area contributed by atoms with Gasteiger partial charge in [0.25, 0.3) is 0 Å². The summed E-state index contributed by atoms with van der Waals surface area (Å²) in [6.45, 7) is 5.80. The van der Waals surface area contributed by atoms with Crippen molar-refractivity contribution in [3.63, 3.8) is 0 Å². The van der Waals surface area contributed by atoms with E-state index in [1.807, 2.05) is 13.8 Å². The lowest BCUT2D eigenvalue weighted by Crippen LogP contribution is -2.36. The molecule has 4 nitrogen and oxygen atoms in total. The predicted molar refractivity (Wildman–Crippen MR) is 53.5 cm³/mol. The lowest BCUT2D eigenvalue weighted by Gasteiger charge is -2.13. The van der Waals surface area contributed by atoms with Gasteiger partial charge in [0.1, 0.15) is 0 Å². The third-order valence-electron chi connectivity index (χ3n) is 1.65. The van der Waals surface area contributed by atoms with Gasteiger partial charge in [-0.15, -0.1) is 0 Å². The highest BCUT2D eigenvalue weighted by Crippen LogP contribution is 1.94. The summed E-state index contributed by atoms with van der Waals surface area (Å²) in [6, 6.07) is 0.263. The molecule has 0 rings (SSSR count). The van der Waals surface area contributed by atoms with Gasteiger partial charge in [0.2, 0.25) is 0 Å². The number of hydrogen-bond donors (Lipinski definition) is 2. The maximum absolute atomic E-state index is 11.1. The number of aliphatic hydroxyl groups is 1. The van der Waals surface area contributed by atoms with Gasteiger partial charge in [-0.25, -0.2) is 8.42 Å². The molecule has 0 spiro atoms. The Balaban J connectivity index is 3.81. The Labute approximate surface area is 80.3 Å². The summed E-state index contributed by atoms with van der Waals surface area (Å²) >= 11 is 0. The van der Waals surface area contributed by atoms with Crippen molar-refractivity contribution in [2.24, 2.45) is 0 Å². The molecule has 80 valence electrons. The van der Waals surface area contributed by atoms with Gasteiger partial charge in [-0.05, 0) is 0 Å². The van der Waals surface area contributed by atoms with Crippen LogP contribution in [-0.4, -0.2) is 43.7 Å². The molecule has 0 aromatic rings. The molecule has 0 bridgehead atoms. The number of nitrogens with one attached hydrogen (secondary N) is 1. The van der Waals surface area contributed by atoms with E-state index in [9.17, 15) is 13.5 Å². The van der Waals surface area contributed by atoms with Gasteiger partial charge in [0, 0.05) is 18.3 Å². The van der Waals surface area contributed by atoms with Crippen molar-refractivity contribution in [3.8, 4) is 0 Å². The summed E-state index contributed by atoms with van der Waals surface area (Å²) in [5, 5.41) is 12.3. The van der Waals surface area contributed by atoms with Crippen LogP contribution in [0.15, 0.2) is 0 Å². The minimum absolute atomic E-state index is 0.0890. The van der Waals surface area contributed by atoms with E-state index in [1.165, 1.54) is 0 Å². The van der Waals surface area contributed by atoms with Gasteiger partial charge in [-0.3, -0.25) is 0 Å². The van der Waals surface area contributed by atoms with E-state index in [0.29, 0.717) is 6.54 Å². The van der Waals surface area contributed by atoms with Crippen molar-refractivity contribution in [1.29, 1.82) is 0 Å². The van der Waals surface area contributed by atoms with Crippen LogP contribution in [0.5, 0.6) is 0 Å². The first-order valence-electron chi connectivity index (χ1n) is 4.49. The first-order valence-corrected chi connectivity index (χ1v) is 6.31. The van der Waals surface area contributed by atoms with Crippen molar-refractivity contribution < 1.29 is 13.5 Å². The number of rotatable bonds is 6. The topological polar surface area (TPSA) is 66.4 Å². The van der Waals surface area contributed by atoms with Crippen LogP contribution >= 0.6 is 0 Å². The number of aliphatic hydroxyl groups excluding tert-OH is 1. The maximum atomic E-state index is 11.1. The van der Waals surface area contributed by atoms with Crippen LogP contribution in [-0.2, 0) is 9.84 Å². The van der Waals surface area contributed by atoms with Crippen molar-refractivity contribution >= 4 is 9.84 Å². The zero-order valence-electron chi connectivity index (χ0n) is 8.45. The molecule has 0 saturated heterocycles. The highest BCUT2D eigenvalue weighted by molar-refractivity contribution is 7.91. The molecule has 0 aliphatic rings. The molecule has 5 heteroatoms. The smallest absolute Gasteiger partial charge is 0.152 e. The zero-order chi connectivity index (χ0) is 10.5. The van der Waals surface area contributed by atoms with Gasteiger partial charge < -0.3 is 10.4 Å². The van der Waals surface area contributed by atoms with E-state index < -0.39 is 15.9 Å². The van der Waals surface area contributed by atoms with Crippen LogP contribution in [0.3, 0.4) is 0 Å². The van der Waals surface area contributed by atoms with E-state index in [1.54, 1.807) is 6.92 Å². The highest BCUT2D eigenvalue weighted by Gasteiger charge is 2.14. The molecule has 1 unspecified atom stereocenters. The van der Waals surface area contributed by atoms with Crippen LogP contribution < -0.4 is 5.32 Å². The minimum Gasteiger partial charge on any atom is -0.391 e. The molecule has 0 aromatic heterocycles.